The minimum atomic E-state index is -0.872. The number of amides is 1. The third kappa shape index (κ3) is 4.83. The minimum absolute atomic E-state index is 0.348. The molecule has 136 valence electrons. The van der Waals surface area contributed by atoms with Gasteiger partial charge in [0, 0.05) is 17.2 Å². The van der Waals surface area contributed by atoms with Crippen LogP contribution >= 0.6 is 23.5 Å². The van der Waals surface area contributed by atoms with E-state index in [0.29, 0.717) is 15.8 Å². The molecule has 1 amide bonds. The lowest BCUT2D eigenvalue weighted by atomic mass is 10.1. The molecule has 0 bridgehead atoms. The van der Waals surface area contributed by atoms with Crippen LogP contribution in [-0.2, 0) is 9.53 Å². The molecule has 1 aliphatic heterocycles. The number of ether oxygens (including phenoxy) is 1. The molecule has 4 nitrogen and oxygen atoms in total. The lowest BCUT2D eigenvalue weighted by Gasteiger charge is -2.14. The summed E-state index contributed by atoms with van der Waals surface area (Å²) in [5.41, 5.74) is 3.40. The summed E-state index contributed by atoms with van der Waals surface area (Å²) >= 11 is 3.84. The molecule has 1 N–H and O–H groups in total. The monoisotopic (exact) mass is 387 g/mol. The summed E-state index contributed by atoms with van der Waals surface area (Å²) < 4.78 is 5.75. The number of hydrogen-bond donors (Lipinski definition) is 1. The second-order valence-corrected chi connectivity index (χ2v) is 8.83. The van der Waals surface area contributed by atoms with Crippen molar-refractivity contribution in [3.8, 4) is 0 Å². The first kappa shape index (κ1) is 18.9. The SMILES string of the molecule is Cc1cccc(NC(=O)[C@@H](C)OC(=O)c2ccc(C3SCCS3)cc2)c1. The molecule has 0 aromatic heterocycles. The van der Waals surface area contributed by atoms with E-state index >= 15 is 0 Å². The second-order valence-electron chi connectivity index (χ2n) is 6.10. The molecule has 0 aliphatic carbocycles. The Morgan fingerprint density at radius 2 is 1.81 bits per heavy atom. The molecule has 1 saturated heterocycles. The van der Waals surface area contributed by atoms with Crippen molar-refractivity contribution in [3.63, 3.8) is 0 Å². The Kier molecular flexibility index (Phi) is 6.27. The Morgan fingerprint density at radius 3 is 2.46 bits per heavy atom. The highest BCUT2D eigenvalue weighted by atomic mass is 32.2. The van der Waals surface area contributed by atoms with Crippen molar-refractivity contribution in [2.45, 2.75) is 24.5 Å². The van der Waals surface area contributed by atoms with Gasteiger partial charge in [-0.15, -0.1) is 23.5 Å². The number of rotatable bonds is 5. The number of aryl methyl sites for hydroxylation is 1. The molecule has 0 unspecified atom stereocenters. The van der Waals surface area contributed by atoms with E-state index in [1.54, 1.807) is 25.1 Å². The predicted octanol–water partition coefficient (Wildman–Crippen LogP) is 4.66. The maximum absolute atomic E-state index is 12.3. The highest BCUT2D eigenvalue weighted by molar-refractivity contribution is 8.19. The fraction of sp³-hybridized carbons (Fsp3) is 0.300. The van der Waals surface area contributed by atoms with Gasteiger partial charge in [-0.3, -0.25) is 4.79 Å². The van der Waals surface area contributed by atoms with Gasteiger partial charge in [0.2, 0.25) is 0 Å². The number of nitrogens with one attached hydrogen (secondary N) is 1. The summed E-state index contributed by atoms with van der Waals surface area (Å²) in [5.74, 6) is 1.48. The van der Waals surface area contributed by atoms with Crippen LogP contribution in [0, 0.1) is 6.92 Å². The summed E-state index contributed by atoms with van der Waals surface area (Å²) in [6, 6.07) is 14.9. The van der Waals surface area contributed by atoms with Crippen LogP contribution < -0.4 is 5.32 Å². The Morgan fingerprint density at radius 1 is 1.12 bits per heavy atom. The molecule has 6 heteroatoms. The average molecular weight is 388 g/mol. The Hall–Kier alpha value is -1.92. The largest absolute Gasteiger partial charge is 0.449 e. The lowest BCUT2D eigenvalue weighted by molar-refractivity contribution is -0.123. The zero-order valence-corrected chi connectivity index (χ0v) is 16.4. The van der Waals surface area contributed by atoms with Crippen LogP contribution in [0.5, 0.6) is 0 Å². The van der Waals surface area contributed by atoms with E-state index in [9.17, 15) is 9.59 Å². The normalized spacial score (nSPS) is 15.5. The number of carbonyl (C=O) groups excluding carboxylic acids is 2. The quantitative estimate of drug-likeness (QED) is 0.757. The van der Waals surface area contributed by atoms with Gasteiger partial charge in [-0.2, -0.15) is 0 Å². The standard InChI is InChI=1S/C20H21NO3S2/c1-13-4-3-5-17(12-13)21-18(22)14(2)24-19(23)15-6-8-16(9-7-15)20-25-10-11-26-20/h3-9,12,14,20H,10-11H2,1-2H3,(H,21,22)/t14-/m1/s1. The van der Waals surface area contributed by atoms with Crippen molar-refractivity contribution in [1.29, 1.82) is 0 Å². The zero-order valence-electron chi connectivity index (χ0n) is 14.7. The molecule has 3 rings (SSSR count). The van der Waals surface area contributed by atoms with Crippen LogP contribution in [0.25, 0.3) is 0 Å². The fourth-order valence-electron chi connectivity index (χ4n) is 2.58. The number of esters is 1. The highest BCUT2D eigenvalue weighted by Crippen LogP contribution is 2.45. The third-order valence-corrected chi connectivity index (χ3v) is 7.08. The van der Waals surface area contributed by atoms with Gasteiger partial charge >= 0.3 is 5.97 Å². The van der Waals surface area contributed by atoms with Crippen molar-refractivity contribution in [1.82, 2.24) is 0 Å². The minimum Gasteiger partial charge on any atom is -0.449 e. The van der Waals surface area contributed by atoms with Gasteiger partial charge in [0.1, 0.15) is 0 Å². The topological polar surface area (TPSA) is 55.4 Å². The smallest absolute Gasteiger partial charge is 0.338 e. The Labute approximate surface area is 162 Å². The predicted molar refractivity (Wildman–Crippen MR) is 109 cm³/mol. The first-order chi connectivity index (χ1) is 12.5. The summed E-state index contributed by atoms with van der Waals surface area (Å²) in [5, 5.41) is 2.76. The molecule has 0 saturated carbocycles. The summed E-state index contributed by atoms with van der Waals surface area (Å²) in [6.45, 7) is 3.52. The number of hydrogen-bond acceptors (Lipinski definition) is 5. The van der Waals surface area contributed by atoms with Crippen molar-refractivity contribution in [3.05, 3.63) is 65.2 Å². The molecule has 1 fully saturated rings. The van der Waals surface area contributed by atoms with E-state index in [1.165, 1.54) is 5.56 Å². The molecule has 1 heterocycles. The van der Waals surface area contributed by atoms with Crippen LogP contribution in [-0.4, -0.2) is 29.5 Å². The molecule has 26 heavy (non-hydrogen) atoms. The van der Waals surface area contributed by atoms with Gasteiger partial charge in [-0.1, -0.05) is 24.3 Å². The van der Waals surface area contributed by atoms with E-state index < -0.39 is 12.1 Å². The third-order valence-electron chi connectivity index (χ3n) is 3.98. The van der Waals surface area contributed by atoms with Crippen LogP contribution in [0.1, 0.15) is 33.0 Å². The average Bonchev–Trinajstić information content (AvgIpc) is 3.16. The maximum Gasteiger partial charge on any atom is 0.338 e. The number of thioether (sulfide) groups is 2. The van der Waals surface area contributed by atoms with Crippen LogP contribution in [0.15, 0.2) is 48.5 Å². The molecule has 2 aromatic rings. The summed E-state index contributed by atoms with van der Waals surface area (Å²) in [7, 11) is 0. The van der Waals surface area contributed by atoms with Crippen molar-refractivity contribution < 1.29 is 14.3 Å². The van der Waals surface area contributed by atoms with Crippen LogP contribution in [0.2, 0.25) is 0 Å². The first-order valence-electron chi connectivity index (χ1n) is 8.44. The summed E-state index contributed by atoms with van der Waals surface area (Å²) in [4.78, 5) is 24.5. The molecule has 0 spiro atoms. The molecular weight excluding hydrogens is 366 g/mol. The highest BCUT2D eigenvalue weighted by Gasteiger charge is 2.21. The van der Waals surface area contributed by atoms with E-state index in [-0.39, 0.29) is 5.91 Å². The maximum atomic E-state index is 12.3. The fourth-order valence-corrected chi connectivity index (χ4v) is 5.44. The van der Waals surface area contributed by atoms with E-state index in [2.05, 4.69) is 5.32 Å². The van der Waals surface area contributed by atoms with Crippen LogP contribution in [0.3, 0.4) is 0 Å². The lowest BCUT2D eigenvalue weighted by Crippen LogP contribution is -2.30. The van der Waals surface area contributed by atoms with Gasteiger partial charge < -0.3 is 10.1 Å². The number of benzene rings is 2. The molecular formula is C20H21NO3S2. The van der Waals surface area contributed by atoms with Gasteiger partial charge in [-0.25, -0.2) is 4.79 Å². The van der Waals surface area contributed by atoms with Gasteiger partial charge in [-0.05, 0) is 49.2 Å². The van der Waals surface area contributed by atoms with Gasteiger partial charge in [0.15, 0.2) is 6.10 Å². The van der Waals surface area contributed by atoms with Gasteiger partial charge in [0.05, 0.1) is 10.1 Å². The Bertz CT molecular complexity index is 786. The van der Waals surface area contributed by atoms with E-state index in [4.69, 9.17) is 4.74 Å². The van der Waals surface area contributed by atoms with Crippen LogP contribution in [0.4, 0.5) is 5.69 Å². The molecule has 1 aliphatic rings. The second kappa shape index (κ2) is 8.64. The van der Waals surface area contributed by atoms with Crippen molar-refractivity contribution in [2.75, 3.05) is 16.8 Å². The number of anilines is 1. The number of carbonyl (C=O) groups is 2. The summed E-state index contributed by atoms with van der Waals surface area (Å²) in [6.07, 6.45) is -0.872. The molecule has 1 atom stereocenters. The first-order valence-corrected chi connectivity index (χ1v) is 10.5. The molecule has 0 radical (unpaired) electrons. The zero-order chi connectivity index (χ0) is 18.5. The van der Waals surface area contributed by atoms with E-state index in [0.717, 1.165) is 17.1 Å². The molecule has 2 aromatic carbocycles. The van der Waals surface area contributed by atoms with Crippen molar-refractivity contribution >= 4 is 41.1 Å². The van der Waals surface area contributed by atoms with Crippen molar-refractivity contribution in [2.24, 2.45) is 0 Å². The van der Waals surface area contributed by atoms with Gasteiger partial charge in [0.25, 0.3) is 5.91 Å². The van der Waals surface area contributed by atoms with E-state index in [1.807, 2.05) is 60.8 Å². The Balaban J connectivity index is 1.57.